The van der Waals surface area contributed by atoms with Crippen molar-refractivity contribution < 1.29 is 4.74 Å². The summed E-state index contributed by atoms with van der Waals surface area (Å²) >= 11 is 0. The number of benzene rings is 1. The zero-order valence-corrected chi connectivity index (χ0v) is 10.8. The smallest absolute Gasteiger partial charge is 0.120 e. The van der Waals surface area contributed by atoms with Crippen LogP contribution in [-0.4, -0.2) is 19.2 Å². The third kappa shape index (κ3) is 3.39. The van der Waals surface area contributed by atoms with Crippen molar-refractivity contribution in [1.29, 1.82) is 0 Å². The van der Waals surface area contributed by atoms with E-state index in [2.05, 4.69) is 37.4 Å². The Morgan fingerprint density at radius 1 is 1.25 bits per heavy atom. The van der Waals surface area contributed by atoms with Crippen molar-refractivity contribution in [3.63, 3.8) is 0 Å². The van der Waals surface area contributed by atoms with Crippen molar-refractivity contribution in [2.75, 3.05) is 13.1 Å². The molecule has 3 heteroatoms. The molecule has 1 fully saturated rings. The van der Waals surface area contributed by atoms with Crippen LogP contribution >= 0.6 is 12.4 Å². The molecule has 1 N–H and O–H groups in total. The topological polar surface area (TPSA) is 21.3 Å². The van der Waals surface area contributed by atoms with Crippen molar-refractivity contribution in [1.82, 2.24) is 5.32 Å². The lowest BCUT2D eigenvalue weighted by Gasteiger charge is -2.24. The Bertz CT molecular complexity index is 335. The lowest BCUT2D eigenvalue weighted by Crippen LogP contribution is -2.37. The molecule has 0 bridgehead atoms. The number of ether oxygens (including phenoxy) is 1. The fourth-order valence-corrected chi connectivity index (χ4v) is 1.90. The molecular weight excluding hydrogens is 222 g/mol. The van der Waals surface area contributed by atoms with Gasteiger partial charge in [0, 0.05) is 6.54 Å². The molecule has 1 atom stereocenters. The minimum absolute atomic E-state index is 0. The van der Waals surface area contributed by atoms with Crippen LogP contribution in [0.2, 0.25) is 0 Å². The molecule has 0 amide bonds. The lowest BCUT2D eigenvalue weighted by atomic mass is 10.1. The normalized spacial score (nSPS) is 20.0. The highest BCUT2D eigenvalue weighted by Crippen LogP contribution is 2.19. The summed E-state index contributed by atoms with van der Waals surface area (Å²) in [7, 11) is 0. The van der Waals surface area contributed by atoms with Crippen LogP contribution in [-0.2, 0) is 0 Å². The summed E-state index contributed by atoms with van der Waals surface area (Å²) in [6.07, 6.45) is 2.73. The quantitative estimate of drug-likeness (QED) is 0.860. The van der Waals surface area contributed by atoms with Crippen molar-refractivity contribution in [3.05, 3.63) is 29.3 Å². The summed E-state index contributed by atoms with van der Waals surface area (Å²) in [6, 6.07) is 6.32. The van der Waals surface area contributed by atoms with Gasteiger partial charge in [-0.1, -0.05) is 6.07 Å². The number of piperidine rings is 1. The lowest BCUT2D eigenvalue weighted by molar-refractivity contribution is 0.167. The maximum absolute atomic E-state index is 5.93. The fourth-order valence-electron chi connectivity index (χ4n) is 1.90. The second-order valence-electron chi connectivity index (χ2n) is 4.33. The van der Waals surface area contributed by atoms with E-state index in [9.17, 15) is 0 Å². The maximum atomic E-state index is 5.93. The van der Waals surface area contributed by atoms with Gasteiger partial charge in [-0.3, -0.25) is 0 Å². The summed E-state index contributed by atoms with van der Waals surface area (Å²) in [5, 5.41) is 3.36. The third-order valence-electron chi connectivity index (χ3n) is 3.03. The highest BCUT2D eigenvalue weighted by Gasteiger charge is 2.14. The molecule has 2 rings (SSSR count). The Morgan fingerprint density at radius 3 is 2.69 bits per heavy atom. The van der Waals surface area contributed by atoms with Gasteiger partial charge in [-0.05, 0) is 56.5 Å². The van der Waals surface area contributed by atoms with E-state index in [0.29, 0.717) is 6.10 Å². The molecule has 0 radical (unpaired) electrons. The molecule has 0 spiro atoms. The molecule has 1 unspecified atom stereocenters. The van der Waals surface area contributed by atoms with Crippen molar-refractivity contribution in [2.45, 2.75) is 32.8 Å². The van der Waals surface area contributed by atoms with Gasteiger partial charge in [-0.2, -0.15) is 0 Å². The Morgan fingerprint density at radius 2 is 2.06 bits per heavy atom. The van der Waals surface area contributed by atoms with Crippen LogP contribution in [0.15, 0.2) is 18.2 Å². The van der Waals surface area contributed by atoms with E-state index in [-0.39, 0.29) is 12.4 Å². The Hall–Kier alpha value is -0.730. The highest BCUT2D eigenvalue weighted by atomic mass is 35.5. The number of hydrogen-bond donors (Lipinski definition) is 1. The third-order valence-corrected chi connectivity index (χ3v) is 3.03. The van der Waals surface area contributed by atoms with E-state index in [4.69, 9.17) is 4.74 Å². The van der Waals surface area contributed by atoms with Gasteiger partial charge in [0.15, 0.2) is 0 Å². The van der Waals surface area contributed by atoms with E-state index < -0.39 is 0 Å². The van der Waals surface area contributed by atoms with Gasteiger partial charge >= 0.3 is 0 Å². The van der Waals surface area contributed by atoms with Gasteiger partial charge in [-0.15, -0.1) is 12.4 Å². The van der Waals surface area contributed by atoms with Crippen LogP contribution in [0, 0.1) is 13.8 Å². The van der Waals surface area contributed by atoms with E-state index >= 15 is 0 Å². The van der Waals surface area contributed by atoms with E-state index in [1.54, 1.807) is 0 Å². The zero-order valence-electron chi connectivity index (χ0n) is 9.95. The van der Waals surface area contributed by atoms with E-state index in [1.165, 1.54) is 24.0 Å². The largest absolute Gasteiger partial charge is 0.489 e. The molecular formula is C13H20ClNO. The highest BCUT2D eigenvalue weighted by molar-refractivity contribution is 5.85. The zero-order chi connectivity index (χ0) is 10.7. The summed E-state index contributed by atoms with van der Waals surface area (Å²) in [4.78, 5) is 0. The summed E-state index contributed by atoms with van der Waals surface area (Å²) in [6.45, 7) is 6.36. The molecule has 0 saturated carbocycles. The Kier molecular flexibility index (Phi) is 5.10. The predicted octanol–water partition coefficient (Wildman–Crippen LogP) is 2.86. The summed E-state index contributed by atoms with van der Waals surface area (Å²) in [5.41, 5.74) is 2.63. The first-order valence-electron chi connectivity index (χ1n) is 5.70. The summed E-state index contributed by atoms with van der Waals surface area (Å²) in [5.74, 6) is 1.01. The van der Waals surface area contributed by atoms with Crippen LogP contribution < -0.4 is 10.1 Å². The minimum atomic E-state index is 0. The Labute approximate surface area is 104 Å². The minimum Gasteiger partial charge on any atom is -0.489 e. The van der Waals surface area contributed by atoms with Crippen molar-refractivity contribution in [2.24, 2.45) is 0 Å². The number of aryl methyl sites for hydroxylation is 2. The molecule has 1 heterocycles. The molecule has 1 aliphatic rings. The van der Waals surface area contributed by atoms with Gasteiger partial charge in [0.05, 0.1) is 0 Å². The average Bonchev–Trinajstić information content (AvgIpc) is 2.25. The maximum Gasteiger partial charge on any atom is 0.120 e. The van der Waals surface area contributed by atoms with E-state index in [1.807, 2.05) is 0 Å². The van der Waals surface area contributed by atoms with Crippen LogP contribution in [0.4, 0.5) is 0 Å². The van der Waals surface area contributed by atoms with Crippen molar-refractivity contribution in [3.8, 4) is 5.75 Å². The van der Waals surface area contributed by atoms with Crippen LogP contribution in [0.1, 0.15) is 24.0 Å². The number of rotatable bonds is 2. The molecule has 16 heavy (non-hydrogen) atoms. The van der Waals surface area contributed by atoms with Crippen LogP contribution in [0.3, 0.4) is 0 Å². The monoisotopic (exact) mass is 241 g/mol. The van der Waals surface area contributed by atoms with Gasteiger partial charge in [-0.25, -0.2) is 0 Å². The van der Waals surface area contributed by atoms with Crippen LogP contribution in [0.5, 0.6) is 5.75 Å². The molecule has 0 aromatic heterocycles. The van der Waals surface area contributed by atoms with Gasteiger partial charge < -0.3 is 10.1 Å². The molecule has 0 aliphatic carbocycles. The second kappa shape index (κ2) is 6.12. The number of nitrogens with one attached hydrogen (secondary N) is 1. The standard InChI is InChI=1S/C13H19NO.ClH/c1-10-5-6-12(8-11(10)2)15-13-4-3-7-14-9-13;/h5-6,8,13-14H,3-4,7,9H2,1-2H3;1H. The number of hydrogen-bond acceptors (Lipinski definition) is 2. The first-order chi connectivity index (χ1) is 7.25. The molecule has 90 valence electrons. The fraction of sp³-hybridized carbons (Fsp3) is 0.538. The first kappa shape index (κ1) is 13.3. The first-order valence-corrected chi connectivity index (χ1v) is 5.70. The Balaban J connectivity index is 0.00000128. The van der Waals surface area contributed by atoms with E-state index in [0.717, 1.165) is 18.8 Å². The SMILES string of the molecule is Cc1ccc(OC2CCCNC2)cc1C.Cl. The molecule has 2 nitrogen and oxygen atoms in total. The average molecular weight is 242 g/mol. The van der Waals surface area contributed by atoms with Crippen molar-refractivity contribution >= 4 is 12.4 Å². The summed E-state index contributed by atoms with van der Waals surface area (Å²) < 4.78 is 5.93. The molecule has 1 aliphatic heterocycles. The van der Waals surface area contributed by atoms with Crippen LogP contribution in [0.25, 0.3) is 0 Å². The molecule has 1 saturated heterocycles. The molecule has 1 aromatic carbocycles. The molecule has 1 aromatic rings. The van der Waals surface area contributed by atoms with Gasteiger partial charge in [0.2, 0.25) is 0 Å². The number of halogens is 1. The van der Waals surface area contributed by atoms with Gasteiger partial charge in [0.25, 0.3) is 0 Å². The second-order valence-corrected chi connectivity index (χ2v) is 4.33. The van der Waals surface area contributed by atoms with Gasteiger partial charge in [0.1, 0.15) is 11.9 Å². The predicted molar refractivity (Wildman–Crippen MR) is 69.7 cm³/mol.